The van der Waals surface area contributed by atoms with Gasteiger partial charge in [-0.1, -0.05) is 11.8 Å². The first-order valence-electron chi connectivity index (χ1n) is 8.22. The van der Waals surface area contributed by atoms with Gasteiger partial charge in [-0.2, -0.15) is 4.98 Å². The predicted octanol–water partition coefficient (Wildman–Crippen LogP) is 3.94. The normalized spacial score (nSPS) is 10.6. The molecular formula is C19H14FN7S. The summed E-state index contributed by atoms with van der Waals surface area (Å²) >= 11 is 1.33. The van der Waals surface area contributed by atoms with Crippen LogP contribution in [0.5, 0.6) is 0 Å². The Bertz CT molecular complexity index is 1090. The van der Waals surface area contributed by atoms with Gasteiger partial charge in [0.1, 0.15) is 18.0 Å². The number of nitrogens with zero attached hydrogens (tertiary/aromatic N) is 5. The number of aromatic nitrogens is 5. The van der Waals surface area contributed by atoms with Crippen LogP contribution in [-0.2, 0) is 0 Å². The lowest BCUT2D eigenvalue weighted by atomic mass is 10.2. The summed E-state index contributed by atoms with van der Waals surface area (Å²) in [7, 11) is 0. The zero-order valence-electron chi connectivity index (χ0n) is 14.5. The summed E-state index contributed by atoms with van der Waals surface area (Å²) in [6.45, 7) is 0. The maximum atomic E-state index is 14.5. The number of anilines is 3. The monoisotopic (exact) mass is 391 g/mol. The Labute approximate surface area is 164 Å². The Hall–Kier alpha value is -3.59. The molecule has 0 atom stereocenters. The van der Waals surface area contributed by atoms with Crippen LogP contribution in [0.1, 0.15) is 0 Å². The van der Waals surface area contributed by atoms with Crippen molar-refractivity contribution in [2.45, 2.75) is 9.79 Å². The van der Waals surface area contributed by atoms with Gasteiger partial charge in [0.05, 0.1) is 5.69 Å². The SMILES string of the molecule is Nc1nc(Nc2ccc(Sc3ccncc3)c(F)c2)cc(-c2cncnc2)n1. The van der Waals surface area contributed by atoms with E-state index in [1.165, 1.54) is 24.2 Å². The largest absolute Gasteiger partial charge is 0.368 e. The molecule has 0 saturated carbocycles. The number of nitrogen functional groups attached to an aromatic ring is 1. The maximum absolute atomic E-state index is 14.5. The summed E-state index contributed by atoms with van der Waals surface area (Å²) in [4.78, 5) is 21.7. The fourth-order valence-electron chi connectivity index (χ4n) is 2.45. The van der Waals surface area contributed by atoms with Crippen molar-refractivity contribution in [2.75, 3.05) is 11.1 Å². The van der Waals surface area contributed by atoms with Crippen LogP contribution in [0.4, 0.5) is 21.8 Å². The minimum atomic E-state index is -0.342. The van der Waals surface area contributed by atoms with Crippen molar-refractivity contribution >= 4 is 29.2 Å². The van der Waals surface area contributed by atoms with E-state index in [1.54, 1.807) is 43.0 Å². The molecule has 0 saturated heterocycles. The third-order valence-corrected chi connectivity index (χ3v) is 4.74. The molecule has 3 N–H and O–H groups in total. The van der Waals surface area contributed by atoms with Gasteiger partial charge in [-0.3, -0.25) is 4.98 Å². The van der Waals surface area contributed by atoms with E-state index in [0.717, 1.165) is 4.90 Å². The molecule has 0 aliphatic carbocycles. The highest BCUT2D eigenvalue weighted by Gasteiger charge is 2.09. The first-order chi connectivity index (χ1) is 13.7. The average molecular weight is 391 g/mol. The predicted molar refractivity (Wildman–Crippen MR) is 106 cm³/mol. The highest BCUT2D eigenvalue weighted by atomic mass is 32.2. The molecule has 4 aromatic rings. The molecule has 0 bridgehead atoms. The minimum Gasteiger partial charge on any atom is -0.368 e. The molecule has 7 nitrogen and oxygen atoms in total. The number of halogens is 1. The van der Waals surface area contributed by atoms with E-state index in [1.807, 2.05) is 12.1 Å². The summed E-state index contributed by atoms with van der Waals surface area (Å²) in [5, 5.41) is 3.06. The molecule has 0 fully saturated rings. The Kier molecular flexibility index (Phi) is 5.07. The third-order valence-electron chi connectivity index (χ3n) is 3.68. The molecule has 138 valence electrons. The average Bonchev–Trinajstić information content (AvgIpc) is 2.71. The fourth-order valence-corrected chi connectivity index (χ4v) is 3.26. The van der Waals surface area contributed by atoms with Crippen molar-refractivity contribution in [1.29, 1.82) is 0 Å². The van der Waals surface area contributed by atoms with Crippen LogP contribution in [0.25, 0.3) is 11.3 Å². The van der Waals surface area contributed by atoms with Crippen LogP contribution in [0.15, 0.2) is 77.3 Å². The van der Waals surface area contributed by atoms with E-state index < -0.39 is 0 Å². The Morgan fingerprint density at radius 3 is 2.46 bits per heavy atom. The highest BCUT2D eigenvalue weighted by Crippen LogP contribution is 2.31. The molecule has 0 unspecified atom stereocenters. The number of rotatable bonds is 5. The van der Waals surface area contributed by atoms with E-state index in [0.29, 0.717) is 27.7 Å². The zero-order chi connectivity index (χ0) is 19.3. The lowest BCUT2D eigenvalue weighted by molar-refractivity contribution is 0.602. The summed E-state index contributed by atoms with van der Waals surface area (Å²) in [6.07, 6.45) is 8.03. The number of nitrogens with two attached hydrogens (primary N) is 1. The van der Waals surface area contributed by atoms with Gasteiger partial charge in [-0.05, 0) is 30.3 Å². The minimum absolute atomic E-state index is 0.0918. The number of benzene rings is 1. The quantitative estimate of drug-likeness (QED) is 0.527. The molecule has 4 rings (SSSR count). The summed E-state index contributed by atoms with van der Waals surface area (Å²) in [5.41, 5.74) is 7.63. The van der Waals surface area contributed by atoms with Crippen molar-refractivity contribution in [3.8, 4) is 11.3 Å². The van der Waals surface area contributed by atoms with Crippen molar-refractivity contribution in [3.05, 3.63) is 73.3 Å². The van der Waals surface area contributed by atoms with Crippen LogP contribution < -0.4 is 11.1 Å². The molecule has 28 heavy (non-hydrogen) atoms. The number of nitrogens with one attached hydrogen (secondary N) is 1. The third kappa shape index (κ3) is 4.21. The molecular weight excluding hydrogens is 377 g/mol. The van der Waals surface area contributed by atoms with Crippen molar-refractivity contribution in [3.63, 3.8) is 0 Å². The van der Waals surface area contributed by atoms with E-state index in [2.05, 4.69) is 30.2 Å². The molecule has 0 amide bonds. The van der Waals surface area contributed by atoms with E-state index in [4.69, 9.17) is 5.73 Å². The smallest absolute Gasteiger partial charge is 0.222 e. The summed E-state index contributed by atoms with van der Waals surface area (Å²) in [6, 6.07) is 10.2. The van der Waals surface area contributed by atoms with Crippen LogP contribution in [-0.4, -0.2) is 24.9 Å². The first-order valence-corrected chi connectivity index (χ1v) is 9.03. The second-order valence-electron chi connectivity index (χ2n) is 5.68. The topological polar surface area (TPSA) is 102 Å². The molecule has 9 heteroatoms. The highest BCUT2D eigenvalue weighted by molar-refractivity contribution is 7.99. The van der Waals surface area contributed by atoms with Crippen LogP contribution >= 0.6 is 11.8 Å². The standard InChI is InChI=1S/C19H14FN7S/c20-15-7-13(1-2-17(15)28-14-3-5-22-6-4-14)25-18-8-16(26-19(21)27-18)12-9-23-11-24-10-12/h1-11H,(H3,21,25,26,27). The molecule has 3 aromatic heterocycles. The van der Waals surface area contributed by atoms with Crippen molar-refractivity contribution in [2.24, 2.45) is 0 Å². The van der Waals surface area contributed by atoms with Gasteiger partial charge >= 0.3 is 0 Å². The van der Waals surface area contributed by atoms with Crippen molar-refractivity contribution < 1.29 is 4.39 Å². The van der Waals surface area contributed by atoms with Gasteiger partial charge in [0.25, 0.3) is 0 Å². The maximum Gasteiger partial charge on any atom is 0.222 e. The second-order valence-corrected chi connectivity index (χ2v) is 6.79. The summed E-state index contributed by atoms with van der Waals surface area (Å²) < 4.78 is 14.5. The van der Waals surface area contributed by atoms with Gasteiger partial charge in [0.2, 0.25) is 5.95 Å². The molecule has 1 aromatic carbocycles. The van der Waals surface area contributed by atoms with E-state index in [-0.39, 0.29) is 11.8 Å². The molecule has 0 spiro atoms. The van der Waals surface area contributed by atoms with Gasteiger partial charge in [-0.25, -0.2) is 19.3 Å². The van der Waals surface area contributed by atoms with E-state index in [9.17, 15) is 4.39 Å². The Morgan fingerprint density at radius 1 is 0.929 bits per heavy atom. The second kappa shape index (κ2) is 7.97. The number of hydrogen-bond donors (Lipinski definition) is 2. The van der Waals surface area contributed by atoms with Crippen LogP contribution in [0.3, 0.4) is 0 Å². The van der Waals surface area contributed by atoms with Gasteiger partial charge in [0, 0.05) is 51.9 Å². The van der Waals surface area contributed by atoms with Gasteiger partial charge in [0.15, 0.2) is 0 Å². The number of hydrogen-bond acceptors (Lipinski definition) is 8. The molecule has 0 aliphatic rings. The first kappa shape index (κ1) is 17.8. The van der Waals surface area contributed by atoms with Gasteiger partial charge in [-0.15, -0.1) is 0 Å². The zero-order valence-corrected chi connectivity index (χ0v) is 15.3. The lowest BCUT2D eigenvalue weighted by Gasteiger charge is -2.10. The fraction of sp³-hybridized carbons (Fsp3) is 0. The van der Waals surface area contributed by atoms with Crippen molar-refractivity contribution in [1.82, 2.24) is 24.9 Å². The van der Waals surface area contributed by atoms with Crippen LogP contribution in [0.2, 0.25) is 0 Å². The van der Waals surface area contributed by atoms with Gasteiger partial charge < -0.3 is 11.1 Å². The number of pyridine rings is 1. The molecule has 0 radical (unpaired) electrons. The Morgan fingerprint density at radius 2 is 1.71 bits per heavy atom. The Balaban J connectivity index is 1.56. The summed E-state index contributed by atoms with van der Waals surface area (Å²) in [5.74, 6) is 0.194. The molecule has 3 heterocycles. The van der Waals surface area contributed by atoms with Crippen LogP contribution in [0, 0.1) is 5.82 Å². The molecule has 0 aliphatic heterocycles. The lowest BCUT2D eigenvalue weighted by Crippen LogP contribution is -2.02. The van der Waals surface area contributed by atoms with E-state index >= 15 is 0 Å².